The summed E-state index contributed by atoms with van der Waals surface area (Å²) in [5.74, 6) is -0.769. The summed E-state index contributed by atoms with van der Waals surface area (Å²) in [6, 6.07) is 15.5. The number of rotatable bonds is 6. The fraction of sp³-hybridized carbons (Fsp3) is 0.227. The molecule has 3 aromatic rings. The monoisotopic (exact) mass is 378 g/mol. The number of phenols is 1. The van der Waals surface area contributed by atoms with Gasteiger partial charge in [0.05, 0.1) is 16.8 Å². The average Bonchev–Trinajstić information content (AvgIpc) is 2.71. The molecule has 28 heavy (non-hydrogen) atoms. The van der Waals surface area contributed by atoms with Gasteiger partial charge in [0.1, 0.15) is 5.75 Å². The van der Waals surface area contributed by atoms with Crippen molar-refractivity contribution >= 4 is 22.8 Å². The molecule has 0 bridgehead atoms. The van der Waals surface area contributed by atoms with Gasteiger partial charge in [-0.25, -0.2) is 9.78 Å². The topological polar surface area (TPSA) is 88.5 Å². The van der Waals surface area contributed by atoms with Crippen molar-refractivity contribution in [2.45, 2.75) is 26.3 Å². The van der Waals surface area contributed by atoms with E-state index in [0.29, 0.717) is 22.2 Å². The van der Waals surface area contributed by atoms with E-state index in [0.717, 1.165) is 12.0 Å². The number of carbonyl (C=O) groups is 2. The predicted molar refractivity (Wildman–Crippen MR) is 107 cm³/mol. The number of phenolic OH excluding ortho intramolecular Hbond substituents is 1. The number of esters is 1. The van der Waals surface area contributed by atoms with Gasteiger partial charge in [-0.05, 0) is 49.7 Å². The summed E-state index contributed by atoms with van der Waals surface area (Å²) in [6.45, 7) is 3.51. The lowest BCUT2D eigenvalue weighted by Gasteiger charge is -2.12. The number of hydrogen-bond acceptors (Lipinski definition) is 5. The van der Waals surface area contributed by atoms with Gasteiger partial charge in [0, 0.05) is 17.0 Å². The maximum atomic E-state index is 12.7. The summed E-state index contributed by atoms with van der Waals surface area (Å²) in [4.78, 5) is 29.2. The molecular formula is C22H22N2O4. The first-order valence-corrected chi connectivity index (χ1v) is 9.13. The molecule has 0 fully saturated rings. The van der Waals surface area contributed by atoms with Crippen LogP contribution in [-0.2, 0) is 9.53 Å². The fourth-order valence-corrected chi connectivity index (χ4v) is 2.75. The Morgan fingerprint density at radius 3 is 2.57 bits per heavy atom. The van der Waals surface area contributed by atoms with E-state index in [1.165, 1.54) is 0 Å². The first kappa shape index (κ1) is 19.4. The molecule has 1 amide bonds. The molecule has 2 aromatic carbocycles. The van der Waals surface area contributed by atoms with E-state index < -0.39 is 5.97 Å². The van der Waals surface area contributed by atoms with Gasteiger partial charge >= 0.3 is 5.97 Å². The molecule has 0 aliphatic heterocycles. The zero-order valence-electron chi connectivity index (χ0n) is 15.8. The van der Waals surface area contributed by atoms with Crippen molar-refractivity contribution in [2.75, 3.05) is 6.61 Å². The smallest absolute Gasteiger partial charge is 0.339 e. The van der Waals surface area contributed by atoms with Crippen LogP contribution in [0, 0.1) is 0 Å². The maximum absolute atomic E-state index is 12.7. The van der Waals surface area contributed by atoms with Crippen molar-refractivity contribution in [1.29, 1.82) is 0 Å². The van der Waals surface area contributed by atoms with Crippen molar-refractivity contribution in [3.8, 4) is 17.0 Å². The molecule has 6 nitrogen and oxygen atoms in total. The molecule has 0 spiro atoms. The number of ether oxygens (including phenoxy) is 1. The molecule has 0 radical (unpaired) electrons. The lowest BCUT2D eigenvalue weighted by molar-refractivity contribution is -0.124. The summed E-state index contributed by atoms with van der Waals surface area (Å²) >= 11 is 0. The number of nitrogens with one attached hydrogen (secondary N) is 1. The van der Waals surface area contributed by atoms with Gasteiger partial charge in [0.15, 0.2) is 6.61 Å². The van der Waals surface area contributed by atoms with E-state index >= 15 is 0 Å². The Labute approximate surface area is 163 Å². The van der Waals surface area contributed by atoms with Gasteiger partial charge in [-0.1, -0.05) is 25.1 Å². The Hall–Kier alpha value is -3.41. The second kappa shape index (κ2) is 8.52. The molecule has 0 saturated heterocycles. The predicted octanol–water partition coefficient (Wildman–Crippen LogP) is 3.68. The van der Waals surface area contributed by atoms with Gasteiger partial charge in [0.2, 0.25) is 0 Å². The van der Waals surface area contributed by atoms with Crippen molar-refractivity contribution < 1.29 is 19.4 Å². The highest BCUT2D eigenvalue weighted by atomic mass is 16.5. The number of aromatic nitrogens is 1. The Kier molecular flexibility index (Phi) is 5.89. The minimum atomic E-state index is -0.585. The van der Waals surface area contributed by atoms with Crippen LogP contribution in [0.5, 0.6) is 5.75 Å². The first-order chi connectivity index (χ1) is 13.5. The van der Waals surface area contributed by atoms with Crippen LogP contribution in [0.3, 0.4) is 0 Å². The highest BCUT2D eigenvalue weighted by molar-refractivity contribution is 6.05. The van der Waals surface area contributed by atoms with Gasteiger partial charge in [-0.2, -0.15) is 0 Å². The van der Waals surface area contributed by atoms with Crippen LogP contribution in [0.15, 0.2) is 54.6 Å². The molecule has 2 N–H and O–H groups in total. The average molecular weight is 378 g/mol. The molecule has 1 aromatic heterocycles. The standard InChI is InChI=1S/C22H22N2O4/c1-3-14(2)23-21(26)13-28-22(27)18-12-20(15-8-10-16(25)11-9-15)24-19-7-5-4-6-17(18)19/h4-12,14,25H,3,13H2,1-2H3,(H,23,26)/t14-/m1/s1. The first-order valence-electron chi connectivity index (χ1n) is 9.13. The molecule has 1 atom stereocenters. The molecule has 1 heterocycles. The zero-order valence-corrected chi connectivity index (χ0v) is 15.8. The van der Waals surface area contributed by atoms with E-state index in [1.54, 1.807) is 36.4 Å². The van der Waals surface area contributed by atoms with E-state index in [9.17, 15) is 14.7 Å². The Balaban J connectivity index is 1.89. The Morgan fingerprint density at radius 1 is 1.14 bits per heavy atom. The van der Waals surface area contributed by atoms with Crippen LogP contribution >= 0.6 is 0 Å². The number of amides is 1. The largest absolute Gasteiger partial charge is 0.508 e. The van der Waals surface area contributed by atoms with Gasteiger partial charge in [0.25, 0.3) is 5.91 Å². The second-order valence-electron chi connectivity index (χ2n) is 6.57. The normalized spacial score (nSPS) is 11.8. The molecule has 0 aliphatic carbocycles. The quantitative estimate of drug-likeness (QED) is 0.639. The van der Waals surface area contributed by atoms with Crippen molar-refractivity contribution in [3.63, 3.8) is 0 Å². The molecule has 144 valence electrons. The summed E-state index contributed by atoms with van der Waals surface area (Å²) in [5.41, 5.74) is 2.32. The zero-order chi connectivity index (χ0) is 20.1. The number of hydrogen-bond donors (Lipinski definition) is 2. The number of aromatic hydroxyl groups is 1. The second-order valence-corrected chi connectivity index (χ2v) is 6.57. The number of carbonyl (C=O) groups excluding carboxylic acids is 2. The van der Waals surface area contributed by atoms with E-state index in [4.69, 9.17) is 4.74 Å². The number of para-hydroxylation sites is 1. The number of fused-ring (bicyclic) bond motifs is 1. The fourth-order valence-electron chi connectivity index (χ4n) is 2.75. The van der Waals surface area contributed by atoms with Crippen LogP contribution in [-0.4, -0.2) is 34.6 Å². The van der Waals surface area contributed by atoms with Crippen molar-refractivity contribution in [2.24, 2.45) is 0 Å². The molecule has 0 saturated carbocycles. The van der Waals surface area contributed by atoms with E-state index in [2.05, 4.69) is 10.3 Å². The third-order valence-electron chi connectivity index (χ3n) is 4.45. The number of nitrogens with zero attached hydrogens (tertiary/aromatic N) is 1. The third-order valence-corrected chi connectivity index (χ3v) is 4.45. The van der Waals surface area contributed by atoms with Gasteiger partial charge < -0.3 is 15.2 Å². The summed E-state index contributed by atoms with van der Waals surface area (Å²) < 4.78 is 5.23. The lowest BCUT2D eigenvalue weighted by atomic mass is 10.0. The summed E-state index contributed by atoms with van der Waals surface area (Å²) in [6.07, 6.45) is 0.796. The molecule has 3 rings (SSSR count). The van der Waals surface area contributed by atoms with E-state index in [1.807, 2.05) is 32.0 Å². The highest BCUT2D eigenvalue weighted by Crippen LogP contribution is 2.26. The number of pyridine rings is 1. The molecule has 6 heteroatoms. The van der Waals surface area contributed by atoms with Crippen molar-refractivity contribution in [1.82, 2.24) is 10.3 Å². The Bertz CT molecular complexity index is 999. The van der Waals surface area contributed by atoms with Gasteiger partial charge in [-0.3, -0.25) is 4.79 Å². The number of benzene rings is 2. The molecule has 0 aliphatic rings. The van der Waals surface area contributed by atoms with Crippen LogP contribution in [0.25, 0.3) is 22.2 Å². The van der Waals surface area contributed by atoms with Crippen LogP contribution in [0.4, 0.5) is 0 Å². The van der Waals surface area contributed by atoms with Crippen LogP contribution in [0.2, 0.25) is 0 Å². The van der Waals surface area contributed by atoms with Crippen LogP contribution in [0.1, 0.15) is 30.6 Å². The van der Waals surface area contributed by atoms with Gasteiger partial charge in [-0.15, -0.1) is 0 Å². The van der Waals surface area contributed by atoms with Crippen LogP contribution < -0.4 is 5.32 Å². The molecule has 0 unspecified atom stereocenters. The minimum Gasteiger partial charge on any atom is -0.508 e. The van der Waals surface area contributed by atoms with Crippen molar-refractivity contribution in [3.05, 3.63) is 60.2 Å². The summed E-state index contributed by atoms with van der Waals surface area (Å²) in [7, 11) is 0. The highest BCUT2D eigenvalue weighted by Gasteiger charge is 2.17. The minimum absolute atomic E-state index is 0.0223. The third kappa shape index (κ3) is 4.46. The SMILES string of the molecule is CC[C@@H](C)NC(=O)COC(=O)c1cc(-c2ccc(O)cc2)nc2ccccc12. The Morgan fingerprint density at radius 2 is 1.86 bits per heavy atom. The summed E-state index contributed by atoms with van der Waals surface area (Å²) in [5, 5.41) is 12.9. The van der Waals surface area contributed by atoms with E-state index in [-0.39, 0.29) is 24.3 Å². The lowest BCUT2D eigenvalue weighted by Crippen LogP contribution is -2.35. The maximum Gasteiger partial charge on any atom is 0.339 e. The molecular weight excluding hydrogens is 356 g/mol.